The molecular formula is C22H24F7N5O2S. The number of alkyl halides is 7. The lowest BCUT2D eigenvalue weighted by atomic mass is 9.67. The summed E-state index contributed by atoms with van der Waals surface area (Å²) in [6.07, 6.45) is -6.08. The molecule has 0 aromatic carbocycles. The van der Waals surface area contributed by atoms with E-state index < -0.39 is 94.2 Å². The van der Waals surface area contributed by atoms with Crippen LogP contribution in [0.4, 0.5) is 36.4 Å². The van der Waals surface area contributed by atoms with Gasteiger partial charge in [0, 0.05) is 56.3 Å². The van der Waals surface area contributed by atoms with Gasteiger partial charge in [0.15, 0.2) is 0 Å². The average Bonchev–Trinajstić information content (AvgIpc) is 3.25. The molecule has 2 fully saturated rings. The van der Waals surface area contributed by atoms with Gasteiger partial charge in [0.05, 0.1) is 15.4 Å². The van der Waals surface area contributed by atoms with E-state index in [0.29, 0.717) is 4.68 Å². The van der Waals surface area contributed by atoms with Crippen molar-refractivity contribution in [1.29, 1.82) is 4.78 Å². The lowest BCUT2D eigenvalue weighted by Gasteiger charge is -2.44. The average molecular weight is 556 g/mol. The van der Waals surface area contributed by atoms with Crippen molar-refractivity contribution >= 4 is 21.3 Å². The number of hydrogen-bond donors (Lipinski definition) is 2. The first-order valence-electron chi connectivity index (χ1n) is 11.2. The van der Waals surface area contributed by atoms with E-state index in [1.54, 1.807) is 0 Å². The van der Waals surface area contributed by atoms with Gasteiger partial charge in [-0.2, -0.15) is 18.3 Å². The molecule has 2 atom stereocenters. The van der Waals surface area contributed by atoms with Crippen LogP contribution in [0, 0.1) is 10.2 Å². The Balaban J connectivity index is 1.80. The van der Waals surface area contributed by atoms with Crippen molar-refractivity contribution in [1.82, 2.24) is 14.8 Å². The Morgan fingerprint density at radius 2 is 1.89 bits per heavy atom. The third-order valence-corrected chi connectivity index (χ3v) is 7.58. The summed E-state index contributed by atoms with van der Waals surface area (Å²) in [4.78, 5) is 17.0. The van der Waals surface area contributed by atoms with Gasteiger partial charge < -0.3 is 5.32 Å². The Hall–Kier alpha value is -2.71. The fraction of sp³-hybridized carbons (Fsp3) is 0.591. The molecule has 2 saturated carbocycles. The van der Waals surface area contributed by atoms with Gasteiger partial charge in [0.1, 0.15) is 16.3 Å². The summed E-state index contributed by atoms with van der Waals surface area (Å²) in [6, 6.07) is 2.26. The van der Waals surface area contributed by atoms with Crippen LogP contribution in [0.25, 0.3) is 0 Å². The molecule has 0 bridgehead atoms. The number of halogens is 7. The van der Waals surface area contributed by atoms with Crippen LogP contribution in [0.1, 0.15) is 66.7 Å². The molecule has 0 aliphatic heterocycles. The number of carbonyl (C=O) groups is 1. The Morgan fingerprint density at radius 3 is 2.41 bits per heavy atom. The van der Waals surface area contributed by atoms with Crippen LogP contribution < -0.4 is 5.32 Å². The molecule has 4 rings (SSSR count). The zero-order valence-electron chi connectivity index (χ0n) is 19.8. The molecule has 37 heavy (non-hydrogen) atoms. The number of hydrogen-bond acceptors (Lipinski definition) is 5. The number of carbonyl (C=O) groups excluding carboxylic acids is 1. The van der Waals surface area contributed by atoms with E-state index >= 15 is 0 Å². The standard InChI is InChI=1S/C22H24F7N5O2S/c1-19(9-21(25,26)10-19)11-34-17(18(35)32-13-4-6-31-14(7-13)37(2,30)36)15(22(27,28)29)16(33-34)12-3-5-20(23,24)8-12/h4,6-7,12,30H,3,5,8-11H2,1-2H3,(H,31,32,35). The SMILES string of the molecule is CC1(Cn2nc(C3CCC(F)(F)C3)c(C(F)(F)F)c2C(=O)Nc2ccnc(S(C)(=N)=O)c2)CC(F)(F)C1. The zero-order chi connectivity index (χ0) is 27.6. The number of nitrogens with zero attached hydrogens (tertiary/aromatic N) is 3. The van der Waals surface area contributed by atoms with Crippen molar-refractivity contribution < 1.29 is 39.7 Å². The molecule has 2 N–H and O–H groups in total. The van der Waals surface area contributed by atoms with Crippen molar-refractivity contribution in [2.75, 3.05) is 11.6 Å². The lowest BCUT2D eigenvalue weighted by molar-refractivity contribution is -0.160. The smallest absolute Gasteiger partial charge is 0.320 e. The summed E-state index contributed by atoms with van der Waals surface area (Å²) in [6.45, 7) is 0.959. The normalized spacial score (nSPS) is 23.8. The minimum atomic E-state index is -5.16. The minimum absolute atomic E-state index is 0.118. The molecular weight excluding hydrogens is 531 g/mol. The van der Waals surface area contributed by atoms with Crippen LogP contribution in [-0.4, -0.2) is 43.0 Å². The number of aromatic nitrogens is 3. The molecule has 2 aliphatic rings. The van der Waals surface area contributed by atoms with Gasteiger partial charge in [-0.05, 0) is 24.0 Å². The molecule has 0 saturated heterocycles. The highest BCUT2D eigenvalue weighted by Crippen LogP contribution is 2.53. The Labute approximate surface area is 207 Å². The molecule has 2 aromatic heterocycles. The monoisotopic (exact) mass is 555 g/mol. The molecule has 0 radical (unpaired) electrons. The summed E-state index contributed by atoms with van der Waals surface area (Å²) in [5.41, 5.74) is -4.49. The second-order valence-electron chi connectivity index (χ2n) is 10.3. The first-order chi connectivity index (χ1) is 16.8. The molecule has 7 nitrogen and oxygen atoms in total. The zero-order valence-corrected chi connectivity index (χ0v) is 20.6. The predicted molar refractivity (Wildman–Crippen MR) is 118 cm³/mol. The van der Waals surface area contributed by atoms with E-state index in [1.165, 1.54) is 13.0 Å². The maximum absolute atomic E-state index is 14.3. The van der Waals surface area contributed by atoms with Gasteiger partial charge in [-0.1, -0.05) is 6.92 Å². The van der Waals surface area contributed by atoms with E-state index in [9.17, 15) is 39.7 Å². The maximum Gasteiger partial charge on any atom is 0.420 e. The van der Waals surface area contributed by atoms with Gasteiger partial charge in [-0.15, -0.1) is 0 Å². The Kier molecular flexibility index (Phi) is 6.40. The molecule has 1 amide bonds. The number of rotatable bonds is 6. The van der Waals surface area contributed by atoms with Crippen LogP contribution in [0.3, 0.4) is 0 Å². The molecule has 2 unspecified atom stereocenters. The van der Waals surface area contributed by atoms with E-state index in [2.05, 4.69) is 15.4 Å². The minimum Gasteiger partial charge on any atom is -0.320 e. The summed E-state index contributed by atoms with van der Waals surface area (Å²) < 4.78 is 118. The molecule has 2 aromatic rings. The number of anilines is 1. The molecule has 15 heteroatoms. The van der Waals surface area contributed by atoms with Gasteiger partial charge in [0.25, 0.3) is 5.91 Å². The van der Waals surface area contributed by atoms with Gasteiger partial charge in [0.2, 0.25) is 11.8 Å². The first kappa shape index (κ1) is 27.3. The van der Waals surface area contributed by atoms with E-state index in [0.717, 1.165) is 18.5 Å². The number of pyridine rings is 1. The van der Waals surface area contributed by atoms with Crippen molar-refractivity contribution in [3.63, 3.8) is 0 Å². The highest BCUT2D eigenvalue weighted by Gasteiger charge is 2.55. The van der Waals surface area contributed by atoms with E-state index in [4.69, 9.17) is 4.78 Å². The summed E-state index contributed by atoms with van der Waals surface area (Å²) in [5.74, 6) is -8.80. The summed E-state index contributed by atoms with van der Waals surface area (Å²) in [5, 5.41) is 5.94. The predicted octanol–water partition coefficient (Wildman–Crippen LogP) is 5.92. The Bertz CT molecular complexity index is 1330. The fourth-order valence-corrected chi connectivity index (χ4v) is 5.75. The van der Waals surface area contributed by atoms with Gasteiger partial charge in [-0.3, -0.25) is 9.48 Å². The largest absolute Gasteiger partial charge is 0.420 e. The van der Waals surface area contributed by atoms with Gasteiger partial charge in [-0.25, -0.2) is 31.5 Å². The summed E-state index contributed by atoms with van der Waals surface area (Å²) >= 11 is 0. The number of nitrogens with one attached hydrogen (secondary N) is 2. The van der Waals surface area contributed by atoms with Crippen LogP contribution in [0.15, 0.2) is 23.4 Å². The highest BCUT2D eigenvalue weighted by molar-refractivity contribution is 7.91. The second kappa shape index (κ2) is 8.67. The molecule has 2 aliphatic carbocycles. The van der Waals surface area contributed by atoms with Crippen LogP contribution in [0.5, 0.6) is 0 Å². The lowest BCUT2D eigenvalue weighted by Crippen LogP contribution is -2.47. The van der Waals surface area contributed by atoms with Crippen LogP contribution in [-0.2, 0) is 22.5 Å². The topological polar surface area (TPSA) is 101 Å². The van der Waals surface area contributed by atoms with Crippen molar-refractivity contribution in [2.45, 2.75) is 74.5 Å². The van der Waals surface area contributed by atoms with Crippen LogP contribution >= 0.6 is 0 Å². The van der Waals surface area contributed by atoms with E-state index in [1.807, 2.05) is 0 Å². The van der Waals surface area contributed by atoms with Crippen molar-refractivity contribution in [3.05, 3.63) is 35.3 Å². The third-order valence-electron chi connectivity index (χ3n) is 6.56. The highest BCUT2D eigenvalue weighted by atomic mass is 32.2. The third kappa shape index (κ3) is 5.75. The fourth-order valence-electron chi connectivity index (χ4n) is 5.14. The second-order valence-corrected chi connectivity index (χ2v) is 12.4. The van der Waals surface area contributed by atoms with E-state index in [-0.39, 0.29) is 17.1 Å². The van der Waals surface area contributed by atoms with Crippen molar-refractivity contribution in [2.24, 2.45) is 5.41 Å². The maximum atomic E-state index is 14.3. The van der Waals surface area contributed by atoms with Gasteiger partial charge >= 0.3 is 6.18 Å². The first-order valence-corrected chi connectivity index (χ1v) is 13.2. The quantitative estimate of drug-likeness (QED) is 0.432. The van der Waals surface area contributed by atoms with Crippen LogP contribution in [0.2, 0.25) is 0 Å². The molecule has 2 heterocycles. The molecule has 0 spiro atoms. The summed E-state index contributed by atoms with van der Waals surface area (Å²) in [7, 11) is -3.32. The van der Waals surface area contributed by atoms with Crippen molar-refractivity contribution in [3.8, 4) is 0 Å². The Morgan fingerprint density at radius 1 is 1.24 bits per heavy atom. The molecule has 204 valence electrons. The number of amides is 1.